The molecule has 96 valence electrons. The van der Waals surface area contributed by atoms with Gasteiger partial charge in [-0.25, -0.2) is 0 Å². The van der Waals surface area contributed by atoms with Crippen molar-refractivity contribution in [3.05, 3.63) is 18.0 Å². The molecule has 1 aromatic heterocycles. The molecule has 2 N–H and O–H groups in total. The molecule has 1 amide bonds. The Labute approximate surface area is 96.8 Å². The molecule has 0 aliphatic rings. The number of hydrogen-bond donors (Lipinski definition) is 1. The highest BCUT2D eigenvalue weighted by Crippen LogP contribution is 2.18. The smallest absolute Gasteiger partial charge is 0.397 e. The van der Waals surface area contributed by atoms with Crippen molar-refractivity contribution in [2.75, 3.05) is 19.3 Å². The minimum absolute atomic E-state index is 0.164. The summed E-state index contributed by atoms with van der Waals surface area (Å²) in [4.78, 5) is 12.4. The predicted molar refractivity (Wildman–Crippen MR) is 57.5 cm³/mol. The zero-order valence-corrected chi connectivity index (χ0v) is 9.58. The number of anilines is 1. The number of aryl methyl sites for hydroxylation is 1. The third-order valence-corrected chi connectivity index (χ3v) is 2.24. The lowest BCUT2D eigenvalue weighted by molar-refractivity contribution is -0.138. The number of hydrogen-bond acceptors (Lipinski definition) is 2. The van der Waals surface area contributed by atoms with Crippen molar-refractivity contribution < 1.29 is 18.0 Å². The van der Waals surface area contributed by atoms with Crippen LogP contribution in [0.15, 0.2) is 12.3 Å². The predicted octanol–water partition coefficient (Wildman–Crippen LogP) is 1.72. The van der Waals surface area contributed by atoms with E-state index < -0.39 is 18.6 Å². The third-order valence-electron chi connectivity index (χ3n) is 2.24. The number of amides is 1. The fourth-order valence-electron chi connectivity index (χ4n) is 1.51. The Bertz CT molecular complexity index is 411. The molecule has 7 heteroatoms. The molecule has 0 unspecified atom stereocenters. The van der Waals surface area contributed by atoms with Gasteiger partial charge in [0.25, 0.3) is 5.91 Å². The maximum Gasteiger partial charge on any atom is 0.406 e. The molecule has 4 nitrogen and oxygen atoms in total. The number of carbonyl (C=O) groups excluding carboxylic acids is 1. The van der Waals surface area contributed by atoms with E-state index in [-0.39, 0.29) is 5.69 Å². The van der Waals surface area contributed by atoms with Crippen LogP contribution in [0.5, 0.6) is 0 Å². The van der Waals surface area contributed by atoms with Crippen LogP contribution in [0, 0.1) is 0 Å². The molecule has 1 rings (SSSR count). The van der Waals surface area contributed by atoms with Gasteiger partial charge >= 0.3 is 6.18 Å². The van der Waals surface area contributed by atoms with Gasteiger partial charge in [-0.2, -0.15) is 13.2 Å². The van der Waals surface area contributed by atoms with E-state index in [1.54, 1.807) is 6.92 Å². The highest BCUT2D eigenvalue weighted by Gasteiger charge is 2.32. The van der Waals surface area contributed by atoms with E-state index >= 15 is 0 Å². The Morgan fingerprint density at radius 3 is 2.59 bits per heavy atom. The van der Waals surface area contributed by atoms with Crippen molar-refractivity contribution in [3.8, 4) is 0 Å². The lowest BCUT2D eigenvalue weighted by Crippen LogP contribution is -2.36. The van der Waals surface area contributed by atoms with E-state index in [9.17, 15) is 18.0 Å². The van der Waals surface area contributed by atoms with E-state index in [4.69, 9.17) is 5.73 Å². The topological polar surface area (TPSA) is 51.3 Å². The number of alkyl halides is 3. The number of nitrogen functional groups attached to an aromatic ring is 1. The average molecular weight is 249 g/mol. The second-order valence-electron chi connectivity index (χ2n) is 3.72. The standard InChI is InChI=1S/C10H14F3N3O/c1-3-16-5-7(14)4-8(16)9(17)15(2)6-10(11,12)13/h4-5H,3,6,14H2,1-2H3. The molecule has 0 atom stereocenters. The van der Waals surface area contributed by atoms with E-state index in [1.807, 2.05) is 0 Å². The SMILES string of the molecule is CCn1cc(N)cc1C(=O)N(C)CC(F)(F)F. The van der Waals surface area contributed by atoms with Crippen molar-refractivity contribution >= 4 is 11.6 Å². The van der Waals surface area contributed by atoms with Gasteiger partial charge in [0.2, 0.25) is 0 Å². The molecule has 0 aliphatic carbocycles. The largest absolute Gasteiger partial charge is 0.406 e. The summed E-state index contributed by atoms with van der Waals surface area (Å²) in [7, 11) is 1.11. The van der Waals surface area contributed by atoms with Crippen molar-refractivity contribution in [3.63, 3.8) is 0 Å². The van der Waals surface area contributed by atoms with Gasteiger partial charge in [0.1, 0.15) is 12.2 Å². The monoisotopic (exact) mass is 249 g/mol. The van der Waals surface area contributed by atoms with Crippen molar-refractivity contribution in [1.82, 2.24) is 9.47 Å². The van der Waals surface area contributed by atoms with Crippen molar-refractivity contribution in [2.24, 2.45) is 0 Å². The number of rotatable bonds is 3. The molecule has 0 fully saturated rings. The number of aromatic nitrogens is 1. The van der Waals surface area contributed by atoms with Gasteiger partial charge < -0.3 is 15.2 Å². The Morgan fingerprint density at radius 1 is 1.53 bits per heavy atom. The van der Waals surface area contributed by atoms with E-state index in [1.165, 1.54) is 16.8 Å². The van der Waals surface area contributed by atoms with Gasteiger partial charge in [-0.3, -0.25) is 4.79 Å². The zero-order valence-electron chi connectivity index (χ0n) is 9.58. The lowest BCUT2D eigenvalue weighted by Gasteiger charge is -2.19. The van der Waals surface area contributed by atoms with E-state index in [0.29, 0.717) is 17.1 Å². The highest BCUT2D eigenvalue weighted by atomic mass is 19.4. The van der Waals surface area contributed by atoms with Gasteiger partial charge in [-0.05, 0) is 13.0 Å². The molecule has 17 heavy (non-hydrogen) atoms. The second-order valence-corrected chi connectivity index (χ2v) is 3.72. The Hall–Kier alpha value is -1.66. The molecule has 0 bridgehead atoms. The summed E-state index contributed by atoms with van der Waals surface area (Å²) >= 11 is 0. The average Bonchev–Trinajstić information content (AvgIpc) is 2.55. The summed E-state index contributed by atoms with van der Waals surface area (Å²) in [5.41, 5.74) is 6.03. The minimum atomic E-state index is -4.40. The molecule has 0 saturated carbocycles. The maximum absolute atomic E-state index is 12.1. The van der Waals surface area contributed by atoms with Gasteiger partial charge in [0, 0.05) is 19.8 Å². The minimum Gasteiger partial charge on any atom is -0.397 e. The number of carbonyl (C=O) groups is 1. The number of nitrogens with zero attached hydrogens (tertiary/aromatic N) is 2. The summed E-state index contributed by atoms with van der Waals surface area (Å²) in [6, 6.07) is 1.37. The summed E-state index contributed by atoms with van der Waals surface area (Å²) < 4.78 is 38.0. The van der Waals surface area contributed by atoms with Crippen LogP contribution in [-0.4, -0.2) is 35.1 Å². The van der Waals surface area contributed by atoms with E-state index in [0.717, 1.165) is 7.05 Å². The number of nitrogens with two attached hydrogens (primary N) is 1. The quantitative estimate of drug-likeness (QED) is 0.886. The third kappa shape index (κ3) is 3.40. The molecule has 1 heterocycles. The fraction of sp³-hybridized carbons (Fsp3) is 0.500. The van der Waals surface area contributed by atoms with Crippen LogP contribution >= 0.6 is 0 Å². The van der Waals surface area contributed by atoms with Crippen LogP contribution in [0.1, 0.15) is 17.4 Å². The van der Waals surface area contributed by atoms with Crippen LogP contribution in [-0.2, 0) is 6.54 Å². The van der Waals surface area contributed by atoms with Crippen LogP contribution in [0.4, 0.5) is 18.9 Å². The van der Waals surface area contributed by atoms with Crippen molar-refractivity contribution in [2.45, 2.75) is 19.6 Å². The fourth-order valence-corrected chi connectivity index (χ4v) is 1.51. The molecule has 0 saturated heterocycles. The van der Waals surface area contributed by atoms with Gasteiger partial charge in [0.05, 0.1) is 5.69 Å². The Morgan fingerprint density at radius 2 is 2.12 bits per heavy atom. The first-order valence-electron chi connectivity index (χ1n) is 5.02. The molecule has 0 radical (unpaired) electrons. The molecule has 0 aromatic carbocycles. The molecular weight excluding hydrogens is 235 g/mol. The van der Waals surface area contributed by atoms with Gasteiger partial charge in [-0.15, -0.1) is 0 Å². The van der Waals surface area contributed by atoms with Crippen LogP contribution in [0.2, 0.25) is 0 Å². The maximum atomic E-state index is 12.1. The molecular formula is C10H14F3N3O. The zero-order chi connectivity index (χ0) is 13.2. The van der Waals surface area contributed by atoms with E-state index in [2.05, 4.69) is 0 Å². The molecule has 0 aliphatic heterocycles. The molecule has 0 spiro atoms. The van der Waals surface area contributed by atoms with Crippen molar-refractivity contribution in [1.29, 1.82) is 0 Å². The van der Waals surface area contributed by atoms with Gasteiger partial charge in [0.15, 0.2) is 0 Å². The highest BCUT2D eigenvalue weighted by molar-refractivity contribution is 5.93. The van der Waals surface area contributed by atoms with Crippen LogP contribution in [0.25, 0.3) is 0 Å². The summed E-state index contributed by atoms with van der Waals surface area (Å²) in [6.45, 7) is 0.971. The summed E-state index contributed by atoms with van der Waals surface area (Å²) in [5, 5.41) is 0. The first-order valence-corrected chi connectivity index (χ1v) is 5.02. The molecule has 1 aromatic rings. The number of halogens is 3. The van der Waals surface area contributed by atoms with Crippen LogP contribution < -0.4 is 5.73 Å². The van der Waals surface area contributed by atoms with Gasteiger partial charge in [-0.1, -0.05) is 0 Å². The summed E-state index contributed by atoms with van der Waals surface area (Å²) in [6.07, 6.45) is -2.88. The van der Waals surface area contributed by atoms with Crippen LogP contribution in [0.3, 0.4) is 0 Å². The first kappa shape index (κ1) is 13.4. The lowest BCUT2D eigenvalue weighted by atomic mass is 10.3. The Balaban J connectivity index is 2.88. The summed E-state index contributed by atoms with van der Waals surface area (Å²) in [5.74, 6) is -0.694. The first-order chi connectivity index (χ1) is 7.74. The Kier molecular flexibility index (Phi) is 3.69. The second kappa shape index (κ2) is 4.68. The normalized spacial score (nSPS) is 11.6.